The van der Waals surface area contributed by atoms with Gasteiger partial charge in [0, 0.05) is 31.6 Å². The van der Waals surface area contributed by atoms with Crippen LogP contribution < -0.4 is 20.1 Å². The fourth-order valence-corrected chi connectivity index (χ4v) is 2.45. The van der Waals surface area contributed by atoms with Crippen LogP contribution in [0.5, 0.6) is 11.5 Å². The second-order valence-electron chi connectivity index (χ2n) is 5.48. The van der Waals surface area contributed by atoms with Crippen molar-refractivity contribution < 1.29 is 23.9 Å². The molecular weight excluding hydrogens is 314 g/mol. The molecule has 0 spiro atoms. The predicted octanol–water partition coefficient (Wildman–Crippen LogP) is 0.650. The third-order valence-corrected chi connectivity index (χ3v) is 3.83. The van der Waals surface area contributed by atoms with Crippen LogP contribution in [-0.2, 0) is 16.1 Å². The van der Waals surface area contributed by atoms with Crippen molar-refractivity contribution in [3.8, 4) is 11.5 Å². The minimum Gasteiger partial charge on any atom is -0.497 e. The number of urea groups is 1. The maximum Gasteiger partial charge on any atom is 0.322 e. The van der Waals surface area contributed by atoms with Gasteiger partial charge in [-0.1, -0.05) is 0 Å². The Kier molecular flexibility index (Phi) is 5.62. The largest absolute Gasteiger partial charge is 0.497 e. The second kappa shape index (κ2) is 7.67. The van der Waals surface area contributed by atoms with Gasteiger partial charge in [-0.3, -0.25) is 14.9 Å². The molecule has 4 amide bonds. The molecule has 1 aliphatic rings. The fraction of sp³-hybridized carbons (Fsp3) is 0.438. The summed E-state index contributed by atoms with van der Waals surface area (Å²) < 4.78 is 10.5. The normalized spacial score (nSPS) is 16.4. The Hall–Kier alpha value is -2.77. The van der Waals surface area contributed by atoms with Crippen LogP contribution in [0.2, 0.25) is 0 Å². The van der Waals surface area contributed by atoms with Crippen LogP contribution >= 0.6 is 0 Å². The zero-order valence-electron chi connectivity index (χ0n) is 13.9. The number of hydrogen-bond acceptors (Lipinski definition) is 5. The van der Waals surface area contributed by atoms with Crippen LogP contribution in [0.3, 0.4) is 0 Å². The average Bonchev–Trinajstić information content (AvgIpc) is 2.90. The molecule has 0 radical (unpaired) electrons. The number of carbonyl (C=O) groups excluding carboxylic acids is 3. The molecule has 0 bridgehead atoms. The predicted molar refractivity (Wildman–Crippen MR) is 85.7 cm³/mol. The molecule has 8 heteroatoms. The molecular formula is C16H21N3O5. The van der Waals surface area contributed by atoms with E-state index in [4.69, 9.17) is 9.47 Å². The molecule has 0 saturated carbocycles. The number of carbonyl (C=O) groups is 3. The highest BCUT2D eigenvalue weighted by atomic mass is 16.5. The summed E-state index contributed by atoms with van der Waals surface area (Å²) in [4.78, 5) is 36.3. The maximum atomic E-state index is 12.2. The van der Waals surface area contributed by atoms with Crippen LogP contribution in [0.4, 0.5) is 4.79 Å². The summed E-state index contributed by atoms with van der Waals surface area (Å²) in [5, 5.41) is 4.62. The van der Waals surface area contributed by atoms with E-state index in [1.54, 1.807) is 38.3 Å². The number of hydrogen-bond donors (Lipinski definition) is 2. The Morgan fingerprint density at radius 2 is 2.00 bits per heavy atom. The lowest BCUT2D eigenvalue weighted by molar-refractivity contribution is -0.130. The Morgan fingerprint density at radius 1 is 1.25 bits per heavy atom. The monoisotopic (exact) mass is 335 g/mol. The number of nitrogens with zero attached hydrogens (tertiary/aromatic N) is 1. The van der Waals surface area contributed by atoms with Crippen LogP contribution in [0, 0.1) is 0 Å². The summed E-state index contributed by atoms with van der Waals surface area (Å²) in [6.45, 7) is 0.370. The molecule has 1 fully saturated rings. The Balaban J connectivity index is 1.92. The smallest absolute Gasteiger partial charge is 0.322 e. The first-order chi connectivity index (χ1) is 11.4. The molecule has 8 nitrogen and oxygen atoms in total. The summed E-state index contributed by atoms with van der Waals surface area (Å²) in [5.74, 6) is 0.790. The van der Waals surface area contributed by atoms with Crippen molar-refractivity contribution in [2.75, 3.05) is 21.3 Å². The molecule has 1 aliphatic heterocycles. The van der Waals surface area contributed by atoms with Crippen molar-refractivity contribution >= 4 is 17.8 Å². The van der Waals surface area contributed by atoms with E-state index in [-0.39, 0.29) is 18.7 Å². The van der Waals surface area contributed by atoms with Crippen LogP contribution in [0.25, 0.3) is 0 Å². The summed E-state index contributed by atoms with van der Waals surface area (Å²) in [6.07, 6.45) is 0.424. The lowest BCUT2D eigenvalue weighted by Gasteiger charge is -2.20. The second-order valence-corrected chi connectivity index (χ2v) is 5.48. The van der Waals surface area contributed by atoms with Crippen molar-refractivity contribution in [3.63, 3.8) is 0 Å². The highest BCUT2D eigenvalue weighted by Gasteiger charge is 2.29. The minimum atomic E-state index is -0.648. The summed E-state index contributed by atoms with van der Waals surface area (Å²) in [6, 6.07) is 4.23. The zero-order valence-corrected chi connectivity index (χ0v) is 13.9. The first-order valence-corrected chi connectivity index (χ1v) is 7.50. The third kappa shape index (κ3) is 4.15. The average molecular weight is 335 g/mol. The third-order valence-electron chi connectivity index (χ3n) is 3.83. The molecule has 1 heterocycles. The van der Waals surface area contributed by atoms with Gasteiger partial charge < -0.3 is 19.7 Å². The number of ether oxygens (including phenoxy) is 2. The first-order valence-electron chi connectivity index (χ1n) is 7.50. The lowest BCUT2D eigenvalue weighted by Crippen LogP contribution is -2.32. The molecule has 24 heavy (non-hydrogen) atoms. The maximum absolute atomic E-state index is 12.2. The van der Waals surface area contributed by atoms with Gasteiger partial charge in [-0.05, 0) is 18.6 Å². The van der Waals surface area contributed by atoms with E-state index in [1.807, 2.05) is 6.07 Å². The topological polar surface area (TPSA) is 97.0 Å². The summed E-state index contributed by atoms with van der Waals surface area (Å²) in [5.41, 5.74) is 0.848. The van der Waals surface area contributed by atoms with E-state index in [0.29, 0.717) is 18.0 Å². The molecule has 130 valence electrons. The van der Waals surface area contributed by atoms with Gasteiger partial charge >= 0.3 is 6.03 Å². The van der Waals surface area contributed by atoms with Gasteiger partial charge in [-0.15, -0.1) is 0 Å². The number of nitrogens with one attached hydrogen (secondary N) is 2. The molecule has 2 N–H and O–H groups in total. The number of imide groups is 1. The molecule has 1 aromatic rings. The van der Waals surface area contributed by atoms with Gasteiger partial charge in [0.15, 0.2) is 0 Å². The van der Waals surface area contributed by atoms with Gasteiger partial charge in [-0.25, -0.2) is 4.79 Å². The quantitative estimate of drug-likeness (QED) is 0.713. The van der Waals surface area contributed by atoms with Crippen molar-refractivity contribution in [2.45, 2.75) is 25.4 Å². The highest BCUT2D eigenvalue weighted by Crippen LogP contribution is 2.25. The van der Waals surface area contributed by atoms with E-state index in [1.165, 1.54) is 0 Å². The number of benzene rings is 1. The van der Waals surface area contributed by atoms with E-state index in [9.17, 15) is 14.4 Å². The molecule has 1 atom stereocenters. The standard InChI is InChI=1S/C16H21N3O5/c1-19(9-10-4-5-11(23-2)8-13(10)24-3)14(20)7-6-12-15(21)18-16(22)17-12/h4-5,8,12H,6-7,9H2,1-3H3,(H2,17,18,21,22)/t12-/m1/s1. The zero-order chi connectivity index (χ0) is 17.7. The summed E-state index contributed by atoms with van der Waals surface area (Å²) in [7, 11) is 4.81. The van der Waals surface area contributed by atoms with Gasteiger partial charge in [0.2, 0.25) is 5.91 Å². The van der Waals surface area contributed by atoms with E-state index >= 15 is 0 Å². The van der Waals surface area contributed by atoms with Crippen LogP contribution in [-0.4, -0.2) is 50.1 Å². The van der Waals surface area contributed by atoms with Crippen molar-refractivity contribution in [1.82, 2.24) is 15.5 Å². The molecule has 0 aliphatic carbocycles. The van der Waals surface area contributed by atoms with Gasteiger partial charge in [0.05, 0.1) is 14.2 Å². The van der Waals surface area contributed by atoms with Crippen molar-refractivity contribution in [2.24, 2.45) is 0 Å². The molecule has 1 saturated heterocycles. The van der Waals surface area contributed by atoms with E-state index in [0.717, 1.165) is 5.56 Å². The molecule has 2 rings (SSSR count). The highest BCUT2D eigenvalue weighted by molar-refractivity contribution is 6.04. The molecule has 0 unspecified atom stereocenters. The van der Waals surface area contributed by atoms with Crippen LogP contribution in [0.1, 0.15) is 18.4 Å². The number of rotatable bonds is 7. The van der Waals surface area contributed by atoms with E-state index < -0.39 is 18.0 Å². The van der Waals surface area contributed by atoms with Gasteiger partial charge in [-0.2, -0.15) is 0 Å². The minimum absolute atomic E-state index is 0.123. The lowest BCUT2D eigenvalue weighted by atomic mass is 10.1. The Labute approximate surface area is 140 Å². The van der Waals surface area contributed by atoms with Crippen molar-refractivity contribution in [1.29, 1.82) is 0 Å². The number of amides is 4. The molecule has 1 aromatic carbocycles. The van der Waals surface area contributed by atoms with E-state index in [2.05, 4.69) is 10.6 Å². The Morgan fingerprint density at radius 3 is 2.58 bits per heavy atom. The fourth-order valence-electron chi connectivity index (χ4n) is 2.45. The Bertz CT molecular complexity index is 647. The molecule has 0 aromatic heterocycles. The van der Waals surface area contributed by atoms with Gasteiger partial charge in [0.25, 0.3) is 5.91 Å². The summed E-state index contributed by atoms with van der Waals surface area (Å²) >= 11 is 0. The van der Waals surface area contributed by atoms with Crippen molar-refractivity contribution in [3.05, 3.63) is 23.8 Å². The van der Waals surface area contributed by atoms with Crippen LogP contribution in [0.15, 0.2) is 18.2 Å². The number of methoxy groups -OCH3 is 2. The first kappa shape index (κ1) is 17.6. The SMILES string of the molecule is COc1ccc(CN(C)C(=O)CC[C@H]2NC(=O)NC2=O)c(OC)c1. The van der Waals surface area contributed by atoms with Gasteiger partial charge in [0.1, 0.15) is 17.5 Å².